The zero-order valence-corrected chi connectivity index (χ0v) is 12.1. The van der Waals surface area contributed by atoms with Gasteiger partial charge >= 0.3 is 0 Å². The fraction of sp³-hybridized carbons (Fsp3) is 0.333. The molecular weight excluding hydrogens is 254 g/mol. The average molecular weight is 275 g/mol. The molecule has 0 amide bonds. The first kappa shape index (κ1) is 15.4. The van der Waals surface area contributed by atoms with Crippen LogP contribution in [0.5, 0.6) is 0 Å². The highest BCUT2D eigenvalue weighted by Gasteiger charge is 1.96. The first-order chi connectivity index (χ1) is 9.22. The summed E-state index contributed by atoms with van der Waals surface area (Å²) < 4.78 is 0. The molecule has 4 heteroatoms. The van der Waals surface area contributed by atoms with Crippen LogP contribution in [0.3, 0.4) is 0 Å². The lowest BCUT2D eigenvalue weighted by Crippen LogP contribution is -2.24. The second kappa shape index (κ2) is 9.28. The predicted molar refractivity (Wildman–Crippen MR) is 87.0 cm³/mol. The van der Waals surface area contributed by atoms with Gasteiger partial charge in [-0.1, -0.05) is 56.2 Å². The van der Waals surface area contributed by atoms with Crippen molar-refractivity contribution in [2.45, 2.75) is 32.6 Å². The highest BCUT2D eigenvalue weighted by Crippen LogP contribution is 2.12. The maximum absolute atomic E-state index is 5.34. The van der Waals surface area contributed by atoms with Gasteiger partial charge in [-0.2, -0.15) is 5.10 Å². The van der Waals surface area contributed by atoms with Crippen LogP contribution in [0.4, 0.5) is 0 Å². The van der Waals surface area contributed by atoms with E-state index in [-0.39, 0.29) is 5.11 Å². The second-order valence-corrected chi connectivity index (χ2v) is 4.76. The van der Waals surface area contributed by atoms with Gasteiger partial charge in [-0.15, -0.1) is 0 Å². The molecule has 1 aromatic carbocycles. The number of hydrogen-bond acceptors (Lipinski definition) is 2. The van der Waals surface area contributed by atoms with Crippen molar-refractivity contribution in [3.63, 3.8) is 0 Å². The number of allylic oxidation sites excluding steroid dienone is 1. The molecule has 0 aliphatic rings. The fourth-order valence-electron chi connectivity index (χ4n) is 1.70. The Kier molecular flexibility index (Phi) is 7.51. The van der Waals surface area contributed by atoms with E-state index in [2.05, 4.69) is 35.7 Å². The average Bonchev–Trinajstić information content (AvgIpc) is 2.39. The molecular formula is C15H21N3S. The number of rotatable bonds is 7. The fourth-order valence-corrected chi connectivity index (χ4v) is 1.75. The first-order valence-corrected chi connectivity index (χ1v) is 6.97. The zero-order valence-electron chi connectivity index (χ0n) is 11.3. The van der Waals surface area contributed by atoms with Gasteiger partial charge in [-0.3, -0.25) is 5.43 Å². The van der Waals surface area contributed by atoms with Crippen molar-refractivity contribution in [1.82, 2.24) is 5.43 Å². The molecule has 0 aliphatic carbocycles. The monoisotopic (exact) mass is 275 g/mol. The van der Waals surface area contributed by atoms with Crippen molar-refractivity contribution in [3.05, 3.63) is 41.5 Å². The second-order valence-electron chi connectivity index (χ2n) is 4.32. The molecule has 0 saturated heterocycles. The Bertz CT molecular complexity index is 438. The third-order valence-corrected chi connectivity index (χ3v) is 2.72. The van der Waals surface area contributed by atoms with Gasteiger partial charge in [0.05, 0.1) is 6.21 Å². The molecule has 0 atom stereocenters. The maximum atomic E-state index is 5.34. The van der Waals surface area contributed by atoms with Crippen LogP contribution in [0.15, 0.2) is 41.0 Å². The van der Waals surface area contributed by atoms with Crippen LogP contribution in [-0.2, 0) is 0 Å². The Labute approximate surface area is 120 Å². The smallest absolute Gasteiger partial charge is 0.184 e. The van der Waals surface area contributed by atoms with Gasteiger partial charge < -0.3 is 5.73 Å². The van der Waals surface area contributed by atoms with E-state index in [1.54, 1.807) is 6.21 Å². The summed E-state index contributed by atoms with van der Waals surface area (Å²) in [5, 5.41) is 4.22. The maximum Gasteiger partial charge on any atom is 0.184 e. The molecule has 19 heavy (non-hydrogen) atoms. The van der Waals surface area contributed by atoms with E-state index in [0.717, 1.165) is 12.8 Å². The normalized spacial score (nSPS) is 11.7. The van der Waals surface area contributed by atoms with Crippen LogP contribution in [0, 0.1) is 0 Å². The minimum atomic E-state index is 0.184. The molecule has 3 N–H and O–H groups in total. The quantitative estimate of drug-likeness (QED) is 0.347. The standard InChI is InChI=1S/C15H21N3S/c1-2-3-5-10-14(12-17-18-15(16)19)11-13-8-6-4-7-9-13/h4,6-9,11-12H,2-3,5,10H2,1H3,(H3,16,18,19)/b14-11-,17-12+. The third-order valence-electron chi connectivity index (χ3n) is 2.63. The summed E-state index contributed by atoms with van der Waals surface area (Å²) in [6.07, 6.45) is 8.53. The Morgan fingerprint density at radius 1 is 1.32 bits per heavy atom. The van der Waals surface area contributed by atoms with Crippen LogP contribution < -0.4 is 11.2 Å². The van der Waals surface area contributed by atoms with Crippen molar-refractivity contribution < 1.29 is 0 Å². The van der Waals surface area contributed by atoms with Gasteiger partial charge in [-0.05, 0) is 36.2 Å². The third kappa shape index (κ3) is 7.36. The van der Waals surface area contributed by atoms with Crippen LogP contribution in [0.25, 0.3) is 6.08 Å². The first-order valence-electron chi connectivity index (χ1n) is 6.56. The summed E-state index contributed by atoms with van der Waals surface area (Å²) in [4.78, 5) is 0. The number of nitrogens with one attached hydrogen (secondary N) is 1. The number of hydrazone groups is 1. The molecule has 0 saturated carbocycles. The highest BCUT2D eigenvalue weighted by molar-refractivity contribution is 7.80. The molecule has 3 nitrogen and oxygen atoms in total. The topological polar surface area (TPSA) is 50.4 Å². The number of hydrogen-bond donors (Lipinski definition) is 2. The summed E-state index contributed by atoms with van der Waals surface area (Å²) in [7, 11) is 0. The van der Waals surface area contributed by atoms with E-state index < -0.39 is 0 Å². The minimum absolute atomic E-state index is 0.184. The Morgan fingerprint density at radius 3 is 2.68 bits per heavy atom. The molecule has 0 fully saturated rings. The number of thiocarbonyl (C=S) groups is 1. The summed E-state index contributed by atoms with van der Waals surface area (Å²) in [5.74, 6) is 0. The minimum Gasteiger partial charge on any atom is -0.375 e. The van der Waals surface area contributed by atoms with Gasteiger partial charge in [0.25, 0.3) is 0 Å². The molecule has 0 heterocycles. The molecule has 0 aromatic heterocycles. The number of unbranched alkanes of at least 4 members (excludes halogenated alkanes) is 2. The number of nitrogens with zero attached hydrogens (tertiary/aromatic N) is 1. The van der Waals surface area contributed by atoms with Gasteiger partial charge in [0.2, 0.25) is 0 Å². The molecule has 0 spiro atoms. The van der Waals surface area contributed by atoms with Crippen molar-refractivity contribution in [2.75, 3.05) is 0 Å². The van der Waals surface area contributed by atoms with Crippen molar-refractivity contribution in [2.24, 2.45) is 10.8 Å². The van der Waals surface area contributed by atoms with Gasteiger partial charge in [-0.25, -0.2) is 0 Å². The zero-order chi connectivity index (χ0) is 13.9. The highest BCUT2D eigenvalue weighted by atomic mass is 32.1. The van der Waals surface area contributed by atoms with Gasteiger partial charge in [0.15, 0.2) is 5.11 Å². The molecule has 102 valence electrons. The van der Waals surface area contributed by atoms with Crippen molar-refractivity contribution in [1.29, 1.82) is 0 Å². The number of benzene rings is 1. The van der Waals surface area contributed by atoms with E-state index >= 15 is 0 Å². The molecule has 0 unspecified atom stereocenters. The number of nitrogens with two attached hydrogens (primary N) is 1. The summed E-state index contributed by atoms with van der Waals surface area (Å²) in [5.41, 5.74) is 10.3. The van der Waals surface area contributed by atoms with Crippen LogP contribution in [-0.4, -0.2) is 11.3 Å². The summed E-state index contributed by atoms with van der Waals surface area (Å²) in [6.45, 7) is 2.20. The Hall–Kier alpha value is -1.68. The van der Waals surface area contributed by atoms with Crippen LogP contribution in [0.2, 0.25) is 0 Å². The van der Waals surface area contributed by atoms with Crippen LogP contribution >= 0.6 is 12.2 Å². The van der Waals surface area contributed by atoms with Crippen molar-refractivity contribution >= 4 is 29.6 Å². The van der Waals surface area contributed by atoms with Crippen LogP contribution in [0.1, 0.15) is 38.2 Å². The van der Waals surface area contributed by atoms with Gasteiger partial charge in [0, 0.05) is 0 Å². The largest absolute Gasteiger partial charge is 0.375 e. The molecule has 1 rings (SSSR count). The lowest BCUT2D eigenvalue weighted by atomic mass is 10.1. The SMILES string of the molecule is CCCCCC(=C/c1ccccc1)/C=N/NC(N)=S. The summed E-state index contributed by atoms with van der Waals surface area (Å²) >= 11 is 4.72. The molecule has 0 bridgehead atoms. The summed E-state index contributed by atoms with van der Waals surface area (Å²) in [6, 6.07) is 10.2. The van der Waals surface area contributed by atoms with E-state index in [1.807, 2.05) is 18.2 Å². The predicted octanol–water partition coefficient (Wildman–Crippen LogP) is 3.47. The molecule has 0 radical (unpaired) electrons. The molecule has 1 aromatic rings. The van der Waals surface area contributed by atoms with E-state index in [0.29, 0.717) is 0 Å². The van der Waals surface area contributed by atoms with E-state index in [1.165, 1.54) is 24.0 Å². The lowest BCUT2D eigenvalue weighted by Gasteiger charge is -2.02. The van der Waals surface area contributed by atoms with E-state index in [9.17, 15) is 0 Å². The van der Waals surface area contributed by atoms with E-state index in [4.69, 9.17) is 18.0 Å². The lowest BCUT2D eigenvalue weighted by molar-refractivity contribution is 0.724. The Morgan fingerprint density at radius 2 is 2.05 bits per heavy atom. The molecule has 0 aliphatic heterocycles. The van der Waals surface area contributed by atoms with Gasteiger partial charge in [0.1, 0.15) is 0 Å². The van der Waals surface area contributed by atoms with Crippen molar-refractivity contribution in [3.8, 4) is 0 Å². The Balaban J connectivity index is 2.70.